The van der Waals surface area contributed by atoms with E-state index in [1.165, 1.54) is 18.1 Å². The van der Waals surface area contributed by atoms with E-state index in [1.54, 1.807) is 42.2 Å². The fraction of sp³-hybridized carbons (Fsp3) is 0.238. The minimum absolute atomic E-state index is 0.0512. The monoisotopic (exact) mass is 401 g/mol. The number of ether oxygens (including phenoxy) is 2. The molecule has 1 aromatic heterocycles. The van der Waals surface area contributed by atoms with E-state index < -0.39 is 6.61 Å². The van der Waals surface area contributed by atoms with Gasteiger partial charge in [-0.3, -0.25) is 4.79 Å². The van der Waals surface area contributed by atoms with Crippen LogP contribution in [0.5, 0.6) is 11.5 Å². The molecule has 0 bridgehead atoms. The van der Waals surface area contributed by atoms with Crippen LogP contribution in [0.3, 0.4) is 0 Å². The van der Waals surface area contributed by atoms with Gasteiger partial charge in [0.25, 0.3) is 5.91 Å². The maximum Gasteiger partial charge on any atom is 0.387 e. The van der Waals surface area contributed by atoms with Gasteiger partial charge in [-0.2, -0.15) is 13.9 Å². The molecule has 8 heteroatoms. The van der Waals surface area contributed by atoms with Gasteiger partial charge in [-0.15, -0.1) is 0 Å². The van der Waals surface area contributed by atoms with Crippen LogP contribution in [0.1, 0.15) is 21.5 Å². The molecule has 0 atom stereocenters. The van der Waals surface area contributed by atoms with Gasteiger partial charge in [0.15, 0.2) is 11.5 Å². The second-order valence-electron chi connectivity index (χ2n) is 6.53. The zero-order valence-corrected chi connectivity index (χ0v) is 16.3. The third-order valence-electron chi connectivity index (χ3n) is 4.30. The second-order valence-corrected chi connectivity index (χ2v) is 6.53. The Morgan fingerprint density at radius 3 is 2.48 bits per heavy atom. The van der Waals surface area contributed by atoms with Gasteiger partial charge < -0.3 is 14.4 Å². The zero-order chi connectivity index (χ0) is 21.0. The number of methoxy groups -OCH3 is 1. The molecule has 0 aliphatic rings. The first-order chi connectivity index (χ1) is 13.9. The summed E-state index contributed by atoms with van der Waals surface area (Å²) in [4.78, 5) is 14.3. The van der Waals surface area contributed by atoms with Crippen molar-refractivity contribution in [1.29, 1.82) is 0 Å². The molecule has 0 spiro atoms. The Morgan fingerprint density at radius 2 is 1.90 bits per heavy atom. The lowest BCUT2D eigenvalue weighted by molar-refractivity contribution is -0.0512. The molecule has 1 heterocycles. The van der Waals surface area contributed by atoms with Crippen LogP contribution in [-0.4, -0.2) is 41.4 Å². The minimum atomic E-state index is -2.94. The SMILES string of the molecule is COc1cc(CN(C)C(=O)c2ccc(-n3cc(C)cn3)cc2)ccc1OC(F)F. The predicted octanol–water partition coefficient (Wildman–Crippen LogP) is 4.06. The minimum Gasteiger partial charge on any atom is -0.493 e. The summed E-state index contributed by atoms with van der Waals surface area (Å²) in [5.41, 5.74) is 3.16. The van der Waals surface area contributed by atoms with Crippen molar-refractivity contribution in [2.45, 2.75) is 20.1 Å². The number of carbonyl (C=O) groups is 1. The van der Waals surface area contributed by atoms with Crippen molar-refractivity contribution in [2.24, 2.45) is 0 Å². The topological polar surface area (TPSA) is 56.6 Å². The summed E-state index contributed by atoms with van der Waals surface area (Å²) in [6.07, 6.45) is 3.66. The van der Waals surface area contributed by atoms with Crippen LogP contribution < -0.4 is 9.47 Å². The lowest BCUT2D eigenvalue weighted by atomic mass is 10.1. The number of amides is 1. The first kappa shape index (κ1) is 20.3. The fourth-order valence-electron chi connectivity index (χ4n) is 2.88. The third kappa shape index (κ3) is 4.90. The molecule has 152 valence electrons. The van der Waals surface area contributed by atoms with Gasteiger partial charge in [0.1, 0.15) is 0 Å². The Hall–Kier alpha value is -3.42. The van der Waals surface area contributed by atoms with E-state index in [9.17, 15) is 13.6 Å². The van der Waals surface area contributed by atoms with Crippen LogP contribution >= 0.6 is 0 Å². The van der Waals surface area contributed by atoms with E-state index in [0.717, 1.165) is 16.8 Å². The largest absolute Gasteiger partial charge is 0.493 e. The number of alkyl halides is 2. The number of aryl methyl sites for hydroxylation is 1. The number of aromatic nitrogens is 2. The fourth-order valence-corrected chi connectivity index (χ4v) is 2.88. The number of benzene rings is 2. The van der Waals surface area contributed by atoms with Gasteiger partial charge in [0, 0.05) is 25.4 Å². The van der Waals surface area contributed by atoms with E-state index >= 15 is 0 Å². The van der Waals surface area contributed by atoms with Crippen LogP contribution in [-0.2, 0) is 6.54 Å². The van der Waals surface area contributed by atoms with Crippen LogP contribution in [0.15, 0.2) is 54.9 Å². The van der Waals surface area contributed by atoms with Crippen molar-refractivity contribution in [3.63, 3.8) is 0 Å². The number of carbonyl (C=O) groups excluding carboxylic acids is 1. The highest BCUT2D eigenvalue weighted by Crippen LogP contribution is 2.30. The van der Waals surface area contributed by atoms with Gasteiger partial charge in [-0.05, 0) is 54.4 Å². The van der Waals surface area contributed by atoms with Gasteiger partial charge in [-0.25, -0.2) is 4.68 Å². The van der Waals surface area contributed by atoms with E-state index in [-0.39, 0.29) is 24.0 Å². The van der Waals surface area contributed by atoms with Crippen LogP contribution in [0.2, 0.25) is 0 Å². The molecule has 0 aliphatic carbocycles. The second kappa shape index (κ2) is 8.72. The van der Waals surface area contributed by atoms with Crippen molar-refractivity contribution in [1.82, 2.24) is 14.7 Å². The summed E-state index contributed by atoms with van der Waals surface area (Å²) >= 11 is 0. The summed E-state index contributed by atoms with van der Waals surface area (Å²) in [5, 5.41) is 4.25. The van der Waals surface area contributed by atoms with E-state index in [0.29, 0.717) is 5.56 Å². The number of hydrogen-bond donors (Lipinski definition) is 0. The van der Waals surface area contributed by atoms with Crippen molar-refractivity contribution in [2.75, 3.05) is 14.2 Å². The Bertz CT molecular complexity index is 987. The molecule has 0 fully saturated rings. The smallest absolute Gasteiger partial charge is 0.387 e. The highest BCUT2D eigenvalue weighted by molar-refractivity contribution is 5.94. The normalized spacial score (nSPS) is 10.8. The van der Waals surface area contributed by atoms with Crippen molar-refractivity contribution in [3.05, 3.63) is 71.5 Å². The van der Waals surface area contributed by atoms with E-state index in [2.05, 4.69) is 9.84 Å². The molecular formula is C21H21F2N3O3. The quantitative estimate of drug-likeness (QED) is 0.599. The molecule has 3 aromatic rings. The lowest BCUT2D eigenvalue weighted by Gasteiger charge is -2.19. The average Bonchev–Trinajstić information content (AvgIpc) is 3.14. The molecule has 1 amide bonds. The molecule has 0 saturated heterocycles. The summed E-state index contributed by atoms with van der Waals surface area (Å²) in [5.74, 6) is -0.0349. The first-order valence-corrected chi connectivity index (χ1v) is 8.86. The maximum atomic E-state index is 12.7. The average molecular weight is 401 g/mol. The highest BCUT2D eigenvalue weighted by Gasteiger charge is 2.15. The molecule has 6 nitrogen and oxygen atoms in total. The van der Waals surface area contributed by atoms with Crippen LogP contribution in [0, 0.1) is 6.92 Å². The van der Waals surface area contributed by atoms with Crippen LogP contribution in [0.4, 0.5) is 8.78 Å². The number of halogens is 2. The van der Waals surface area contributed by atoms with Crippen molar-refractivity contribution < 1.29 is 23.0 Å². The Kier molecular flexibility index (Phi) is 6.11. The van der Waals surface area contributed by atoms with Crippen molar-refractivity contribution in [3.8, 4) is 17.2 Å². The maximum absolute atomic E-state index is 12.7. The molecule has 2 aromatic carbocycles. The number of rotatable bonds is 7. The zero-order valence-electron chi connectivity index (χ0n) is 16.3. The molecule has 0 radical (unpaired) electrons. The molecule has 29 heavy (non-hydrogen) atoms. The standard InChI is InChI=1S/C21H21F2N3O3/c1-14-11-24-26(12-14)17-7-5-16(6-8-17)20(27)25(2)13-15-4-9-18(29-21(22)23)19(10-15)28-3/h4-12,21H,13H2,1-3H3. The summed E-state index contributed by atoms with van der Waals surface area (Å²) in [6, 6.07) is 11.7. The first-order valence-electron chi connectivity index (χ1n) is 8.86. The molecule has 0 aliphatic heterocycles. The number of hydrogen-bond acceptors (Lipinski definition) is 4. The Morgan fingerprint density at radius 1 is 1.17 bits per heavy atom. The molecular weight excluding hydrogens is 380 g/mol. The molecule has 0 N–H and O–H groups in total. The highest BCUT2D eigenvalue weighted by atomic mass is 19.3. The summed E-state index contributed by atoms with van der Waals surface area (Å²) in [6.45, 7) is -0.700. The molecule has 3 rings (SSSR count). The Labute approximate surface area is 167 Å². The summed E-state index contributed by atoms with van der Waals surface area (Å²) < 4.78 is 36.1. The summed E-state index contributed by atoms with van der Waals surface area (Å²) in [7, 11) is 3.04. The molecule has 0 unspecified atom stereocenters. The van der Waals surface area contributed by atoms with Crippen LogP contribution in [0.25, 0.3) is 5.69 Å². The van der Waals surface area contributed by atoms with Crippen molar-refractivity contribution >= 4 is 5.91 Å². The Balaban J connectivity index is 1.70. The third-order valence-corrected chi connectivity index (χ3v) is 4.30. The van der Waals surface area contributed by atoms with Gasteiger partial charge in [-0.1, -0.05) is 6.07 Å². The van der Waals surface area contributed by atoms with E-state index in [4.69, 9.17) is 4.74 Å². The van der Waals surface area contributed by atoms with E-state index in [1.807, 2.05) is 25.3 Å². The lowest BCUT2D eigenvalue weighted by Crippen LogP contribution is -2.26. The number of nitrogens with zero attached hydrogens (tertiary/aromatic N) is 3. The molecule has 0 saturated carbocycles. The predicted molar refractivity (Wildman–Crippen MR) is 104 cm³/mol. The van der Waals surface area contributed by atoms with Gasteiger partial charge in [0.2, 0.25) is 0 Å². The van der Waals surface area contributed by atoms with Gasteiger partial charge >= 0.3 is 6.61 Å². The van der Waals surface area contributed by atoms with Gasteiger partial charge in [0.05, 0.1) is 19.0 Å².